The van der Waals surface area contributed by atoms with Crippen LogP contribution in [0.2, 0.25) is 0 Å². The highest BCUT2D eigenvalue weighted by atomic mass is 14.9. The molecule has 1 aromatic rings. The predicted octanol–water partition coefficient (Wildman–Crippen LogP) is 0.832. The van der Waals surface area contributed by atoms with Crippen molar-refractivity contribution in [2.45, 2.75) is 12.5 Å². The Morgan fingerprint density at radius 1 is 1.25 bits per heavy atom. The minimum Gasteiger partial charge on any atom is -0.326 e. The first kappa shape index (κ1) is 7.77. The van der Waals surface area contributed by atoms with Crippen molar-refractivity contribution in [2.24, 2.45) is 5.73 Å². The zero-order valence-corrected chi connectivity index (χ0v) is 7.09. The lowest BCUT2D eigenvalue weighted by Gasteiger charge is -2.27. The average molecular weight is 162 g/mol. The molecule has 64 valence electrons. The molecule has 0 unspecified atom stereocenters. The van der Waals surface area contributed by atoms with E-state index in [9.17, 15) is 0 Å². The second-order valence-corrected chi connectivity index (χ2v) is 3.30. The number of hydrogen-bond acceptors (Lipinski definition) is 2. The molecule has 0 radical (unpaired) electrons. The molecule has 1 aliphatic heterocycles. The van der Waals surface area contributed by atoms with Gasteiger partial charge in [-0.2, -0.15) is 0 Å². The van der Waals surface area contributed by atoms with Gasteiger partial charge in [-0.15, -0.1) is 0 Å². The number of hydrogen-bond donors (Lipinski definition) is 2. The Morgan fingerprint density at radius 3 is 2.33 bits per heavy atom. The van der Waals surface area contributed by atoms with Gasteiger partial charge in [0, 0.05) is 25.6 Å². The van der Waals surface area contributed by atoms with E-state index in [0.717, 1.165) is 19.0 Å². The Kier molecular flexibility index (Phi) is 2.11. The summed E-state index contributed by atoms with van der Waals surface area (Å²) < 4.78 is 0. The van der Waals surface area contributed by atoms with E-state index in [1.807, 2.05) is 0 Å². The smallest absolute Gasteiger partial charge is 0.0178 e. The van der Waals surface area contributed by atoms with E-state index in [1.54, 1.807) is 0 Å². The Morgan fingerprint density at radius 2 is 1.92 bits per heavy atom. The van der Waals surface area contributed by atoms with Crippen LogP contribution in [0, 0.1) is 0 Å². The fourth-order valence-corrected chi connectivity index (χ4v) is 1.45. The van der Waals surface area contributed by atoms with Crippen LogP contribution in [-0.2, 0) is 6.54 Å². The standard InChI is InChI=1S/C10H14N2/c11-5-8-1-3-9(4-2-8)10-6-12-7-10/h1-4,10,12H,5-7,11H2. The van der Waals surface area contributed by atoms with Gasteiger partial charge < -0.3 is 11.1 Å². The van der Waals surface area contributed by atoms with E-state index in [2.05, 4.69) is 29.6 Å². The lowest BCUT2D eigenvalue weighted by atomic mass is 9.93. The summed E-state index contributed by atoms with van der Waals surface area (Å²) in [5, 5.41) is 3.26. The first-order chi connectivity index (χ1) is 5.90. The molecule has 0 bridgehead atoms. The van der Waals surface area contributed by atoms with Crippen LogP contribution in [0.3, 0.4) is 0 Å². The van der Waals surface area contributed by atoms with Gasteiger partial charge in [0.05, 0.1) is 0 Å². The fourth-order valence-electron chi connectivity index (χ4n) is 1.45. The lowest BCUT2D eigenvalue weighted by Crippen LogP contribution is -2.39. The van der Waals surface area contributed by atoms with Crippen molar-refractivity contribution >= 4 is 0 Å². The maximum atomic E-state index is 5.51. The van der Waals surface area contributed by atoms with Crippen LogP contribution in [0.15, 0.2) is 24.3 Å². The molecule has 0 aromatic heterocycles. The van der Waals surface area contributed by atoms with Crippen LogP contribution in [0.25, 0.3) is 0 Å². The van der Waals surface area contributed by atoms with Crippen molar-refractivity contribution in [1.82, 2.24) is 5.32 Å². The molecule has 1 aliphatic rings. The number of nitrogens with two attached hydrogens (primary N) is 1. The van der Waals surface area contributed by atoms with Gasteiger partial charge in [-0.1, -0.05) is 24.3 Å². The second kappa shape index (κ2) is 3.25. The first-order valence-corrected chi connectivity index (χ1v) is 4.40. The van der Waals surface area contributed by atoms with Crippen LogP contribution in [0.1, 0.15) is 17.0 Å². The Bertz CT molecular complexity index is 249. The average Bonchev–Trinajstić information content (AvgIpc) is 2.03. The van der Waals surface area contributed by atoms with Gasteiger partial charge >= 0.3 is 0 Å². The Labute approximate surface area is 72.8 Å². The third-order valence-corrected chi connectivity index (χ3v) is 2.47. The molecule has 0 atom stereocenters. The summed E-state index contributed by atoms with van der Waals surface area (Å²) in [6.45, 7) is 2.90. The fraction of sp³-hybridized carbons (Fsp3) is 0.400. The molecule has 0 saturated carbocycles. The molecule has 2 rings (SSSR count). The third kappa shape index (κ3) is 1.36. The summed E-state index contributed by atoms with van der Waals surface area (Å²) in [6, 6.07) is 8.61. The van der Waals surface area contributed by atoms with Gasteiger partial charge in [0.25, 0.3) is 0 Å². The molecule has 2 heteroatoms. The molecule has 0 spiro atoms. The highest BCUT2D eigenvalue weighted by Gasteiger charge is 2.17. The van der Waals surface area contributed by atoms with E-state index in [0.29, 0.717) is 6.54 Å². The third-order valence-electron chi connectivity index (χ3n) is 2.47. The number of rotatable bonds is 2. The molecule has 0 aliphatic carbocycles. The quantitative estimate of drug-likeness (QED) is 0.676. The number of benzene rings is 1. The molecule has 0 amide bonds. The maximum absolute atomic E-state index is 5.51. The molecule has 2 nitrogen and oxygen atoms in total. The predicted molar refractivity (Wildman–Crippen MR) is 49.9 cm³/mol. The van der Waals surface area contributed by atoms with Crippen LogP contribution in [0.5, 0.6) is 0 Å². The Balaban J connectivity index is 2.13. The van der Waals surface area contributed by atoms with Crippen molar-refractivity contribution in [3.8, 4) is 0 Å². The summed E-state index contributed by atoms with van der Waals surface area (Å²) in [4.78, 5) is 0. The molecule has 1 aromatic carbocycles. The van der Waals surface area contributed by atoms with Crippen LogP contribution in [-0.4, -0.2) is 13.1 Å². The normalized spacial score (nSPS) is 17.4. The van der Waals surface area contributed by atoms with E-state index in [1.165, 1.54) is 11.1 Å². The molecular weight excluding hydrogens is 148 g/mol. The van der Waals surface area contributed by atoms with Crippen molar-refractivity contribution in [2.75, 3.05) is 13.1 Å². The minimum absolute atomic E-state index is 0.642. The van der Waals surface area contributed by atoms with Gasteiger partial charge in [0.2, 0.25) is 0 Å². The van der Waals surface area contributed by atoms with Gasteiger partial charge in [0.1, 0.15) is 0 Å². The van der Waals surface area contributed by atoms with Gasteiger partial charge in [-0.25, -0.2) is 0 Å². The summed E-state index contributed by atoms with van der Waals surface area (Å²) in [5.74, 6) is 0.733. The molecule has 12 heavy (non-hydrogen) atoms. The van der Waals surface area contributed by atoms with Gasteiger partial charge in [-0.05, 0) is 11.1 Å². The van der Waals surface area contributed by atoms with Crippen molar-refractivity contribution in [1.29, 1.82) is 0 Å². The lowest BCUT2D eigenvalue weighted by molar-refractivity contribution is 0.448. The summed E-state index contributed by atoms with van der Waals surface area (Å²) >= 11 is 0. The monoisotopic (exact) mass is 162 g/mol. The topological polar surface area (TPSA) is 38.0 Å². The summed E-state index contributed by atoms with van der Waals surface area (Å²) in [7, 11) is 0. The molecule has 1 saturated heterocycles. The van der Waals surface area contributed by atoms with Crippen molar-refractivity contribution in [3.05, 3.63) is 35.4 Å². The van der Waals surface area contributed by atoms with E-state index >= 15 is 0 Å². The minimum atomic E-state index is 0.642. The van der Waals surface area contributed by atoms with Crippen LogP contribution < -0.4 is 11.1 Å². The number of nitrogens with one attached hydrogen (secondary N) is 1. The van der Waals surface area contributed by atoms with Crippen LogP contribution in [0.4, 0.5) is 0 Å². The van der Waals surface area contributed by atoms with Crippen molar-refractivity contribution in [3.63, 3.8) is 0 Å². The second-order valence-electron chi connectivity index (χ2n) is 3.30. The van der Waals surface area contributed by atoms with E-state index < -0.39 is 0 Å². The molecule has 3 N–H and O–H groups in total. The van der Waals surface area contributed by atoms with E-state index in [-0.39, 0.29) is 0 Å². The molecule has 1 fully saturated rings. The van der Waals surface area contributed by atoms with E-state index in [4.69, 9.17) is 5.73 Å². The van der Waals surface area contributed by atoms with Crippen LogP contribution >= 0.6 is 0 Å². The van der Waals surface area contributed by atoms with Gasteiger partial charge in [0.15, 0.2) is 0 Å². The molecule has 1 heterocycles. The zero-order chi connectivity index (χ0) is 8.39. The van der Waals surface area contributed by atoms with Gasteiger partial charge in [-0.3, -0.25) is 0 Å². The Hall–Kier alpha value is -0.860. The largest absolute Gasteiger partial charge is 0.326 e. The van der Waals surface area contributed by atoms with Crippen molar-refractivity contribution < 1.29 is 0 Å². The molecular formula is C10H14N2. The summed E-state index contributed by atoms with van der Waals surface area (Å²) in [6.07, 6.45) is 0. The maximum Gasteiger partial charge on any atom is 0.0178 e. The summed E-state index contributed by atoms with van der Waals surface area (Å²) in [5.41, 5.74) is 8.16. The highest BCUT2D eigenvalue weighted by Crippen LogP contribution is 2.19. The SMILES string of the molecule is NCc1ccc(C2CNC2)cc1. The highest BCUT2D eigenvalue weighted by molar-refractivity contribution is 5.27. The zero-order valence-electron chi connectivity index (χ0n) is 7.09. The first-order valence-electron chi connectivity index (χ1n) is 4.40.